The van der Waals surface area contributed by atoms with E-state index in [1.54, 1.807) is 0 Å². The zero-order valence-electron chi connectivity index (χ0n) is 11.8. The lowest BCUT2D eigenvalue weighted by Gasteiger charge is -2.15. The lowest BCUT2D eigenvalue weighted by Crippen LogP contribution is -2.30. The highest BCUT2D eigenvalue weighted by Gasteiger charge is 2.23. The molecule has 12 heteroatoms. The molecular weight excluding hydrogens is 331 g/mol. The van der Waals surface area contributed by atoms with Crippen LogP contribution < -0.4 is 16.4 Å². The summed E-state index contributed by atoms with van der Waals surface area (Å²) >= 11 is 0. The fourth-order valence-corrected chi connectivity index (χ4v) is 2.23. The van der Waals surface area contributed by atoms with E-state index in [0.717, 1.165) is 12.1 Å². The molecule has 1 unspecified atom stereocenters. The molecule has 2 aromatic rings. The maximum atomic E-state index is 11.4. The summed E-state index contributed by atoms with van der Waals surface area (Å²) in [6.07, 6.45) is 0. The molecule has 5 N–H and O–H groups in total. The van der Waals surface area contributed by atoms with Crippen molar-refractivity contribution in [1.82, 2.24) is 15.3 Å². The van der Waals surface area contributed by atoms with E-state index in [-0.39, 0.29) is 28.8 Å². The minimum Gasteiger partial charge on any atom is -0.323 e. The number of nitrogens with zero attached hydrogens (tertiary/aromatic N) is 1. The number of nitro benzene ring substituents is 1. The Balaban J connectivity index is 2.54. The van der Waals surface area contributed by atoms with Gasteiger partial charge in [0.15, 0.2) is 0 Å². The summed E-state index contributed by atoms with van der Waals surface area (Å²) in [7, 11) is -4.38. The number of hydrogen-bond acceptors (Lipinski definition) is 6. The molecule has 11 nitrogen and oxygen atoms in total. The normalized spacial score (nSPS) is 13.2. The summed E-state index contributed by atoms with van der Waals surface area (Å²) in [6, 6.07) is 2.23. The number of hydrogen-bond donors (Lipinski definition) is 5. The molecule has 124 valence electrons. The Morgan fingerprint density at radius 2 is 1.91 bits per heavy atom. The van der Waals surface area contributed by atoms with Crippen LogP contribution in [0.3, 0.4) is 0 Å². The Bertz CT molecular complexity index is 928. The van der Waals surface area contributed by atoms with E-state index in [1.807, 2.05) is 0 Å². The lowest BCUT2D eigenvalue weighted by atomic mass is 10.1. The molecule has 1 aromatic carbocycles. The van der Waals surface area contributed by atoms with Crippen molar-refractivity contribution in [1.29, 1.82) is 0 Å². The first-order valence-corrected chi connectivity index (χ1v) is 8.00. The smallest absolute Gasteiger partial charge is 0.323 e. The van der Waals surface area contributed by atoms with Gasteiger partial charge in [-0.1, -0.05) is 0 Å². The molecule has 1 atom stereocenters. The monoisotopic (exact) mass is 344 g/mol. The van der Waals surface area contributed by atoms with Gasteiger partial charge in [-0.25, -0.2) is 0 Å². The van der Waals surface area contributed by atoms with Gasteiger partial charge < -0.3 is 19.8 Å². The molecular formula is C11H13N4O7P. The van der Waals surface area contributed by atoms with Crippen molar-refractivity contribution >= 4 is 24.3 Å². The van der Waals surface area contributed by atoms with Crippen LogP contribution in [0.4, 0.5) is 5.69 Å². The molecule has 0 saturated carbocycles. The van der Waals surface area contributed by atoms with Gasteiger partial charge in [0.05, 0.1) is 16.0 Å². The van der Waals surface area contributed by atoms with Crippen molar-refractivity contribution in [3.63, 3.8) is 0 Å². The molecule has 0 amide bonds. The maximum absolute atomic E-state index is 11.4. The van der Waals surface area contributed by atoms with E-state index < -0.39 is 29.4 Å². The van der Waals surface area contributed by atoms with Crippen LogP contribution in [-0.2, 0) is 11.1 Å². The van der Waals surface area contributed by atoms with Crippen molar-refractivity contribution in [2.75, 3.05) is 0 Å². The molecule has 0 aliphatic carbocycles. The Morgan fingerprint density at radius 1 is 1.30 bits per heavy atom. The second-order valence-corrected chi connectivity index (χ2v) is 6.79. The van der Waals surface area contributed by atoms with Crippen LogP contribution in [0.2, 0.25) is 0 Å². The minimum atomic E-state index is -4.38. The van der Waals surface area contributed by atoms with Crippen LogP contribution in [0.5, 0.6) is 0 Å². The lowest BCUT2D eigenvalue weighted by molar-refractivity contribution is -0.384. The first-order chi connectivity index (χ1) is 10.6. The number of aromatic nitrogens is 2. The van der Waals surface area contributed by atoms with Gasteiger partial charge in [-0.2, -0.15) is 0 Å². The number of nitro groups is 1. The molecule has 1 heterocycles. The molecule has 0 radical (unpaired) electrons. The third-order valence-electron chi connectivity index (χ3n) is 3.20. The average molecular weight is 344 g/mol. The molecule has 0 fully saturated rings. The van der Waals surface area contributed by atoms with Gasteiger partial charge in [-0.3, -0.25) is 29.6 Å². The quantitative estimate of drug-likeness (QED) is 0.213. The minimum absolute atomic E-state index is 0.0458. The zero-order chi connectivity index (χ0) is 17.4. The predicted molar refractivity (Wildman–Crippen MR) is 80.2 cm³/mol. The Morgan fingerprint density at radius 3 is 2.48 bits per heavy atom. The number of rotatable bonds is 5. The van der Waals surface area contributed by atoms with Crippen molar-refractivity contribution in [2.45, 2.75) is 19.3 Å². The second-order valence-electron chi connectivity index (χ2n) is 4.84. The van der Waals surface area contributed by atoms with E-state index in [9.17, 15) is 24.3 Å². The summed E-state index contributed by atoms with van der Waals surface area (Å²) in [4.78, 5) is 55.6. The van der Waals surface area contributed by atoms with Crippen LogP contribution in [0.25, 0.3) is 11.0 Å². The van der Waals surface area contributed by atoms with Gasteiger partial charge in [0.1, 0.15) is 5.78 Å². The first kappa shape index (κ1) is 17.0. The Labute approximate surface area is 127 Å². The maximum Gasteiger partial charge on any atom is 0.342 e. The van der Waals surface area contributed by atoms with E-state index in [0.29, 0.717) is 0 Å². The van der Waals surface area contributed by atoms with E-state index >= 15 is 0 Å². The third kappa shape index (κ3) is 3.71. The van der Waals surface area contributed by atoms with Gasteiger partial charge in [0.25, 0.3) is 5.69 Å². The molecule has 0 bridgehead atoms. The number of H-pyrrole nitrogens is 2. The second kappa shape index (κ2) is 6.05. The number of non-ortho nitro benzene ring substituents is 1. The molecule has 23 heavy (non-hydrogen) atoms. The highest BCUT2D eigenvalue weighted by atomic mass is 31.2. The van der Waals surface area contributed by atoms with Crippen LogP contribution in [0.1, 0.15) is 12.5 Å². The number of fused-ring (bicyclic) bond motifs is 1. The van der Waals surface area contributed by atoms with Crippen LogP contribution in [0, 0.1) is 10.1 Å². The first-order valence-electron chi connectivity index (χ1n) is 6.32. The third-order valence-corrected chi connectivity index (χ3v) is 4.39. The predicted octanol–water partition coefficient (Wildman–Crippen LogP) is -0.262. The summed E-state index contributed by atoms with van der Waals surface area (Å²) in [5.74, 6) is -1.19. The summed E-state index contributed by atoms with van der Waals surface area (Å²) < 4.78 is 11.1. The molecule has 0 spiro atoms. The van der Waals surface area contributed by atoms with Gasteiger partial charge in [-0.05, 0) is 12.5 Å². The van der Waals surface area contributed by atoms with E-state index in [1.165, 1.54) is 6.92 Å². The largest absolute Gasteiger partial charge is 0.342 e. The van der Waals surface area contributed by atoms with Crippen molar-refractivity contribution < 1.29 is 19.3 Å². The fraction of sp³-hybridized carbons (Fsp3) is 0.273. The summed E-state index contributed by atoms with van der Waals surface area (Å²) in [6.45, 7) is 1.09. The van der Waals surface area contributed by atoms with E-state index in [4.69, 9.17) is 9.79 Å². The highest BCUT2D eigenvalue weighted by molar-refractivity contribution is 7.52. The molecule has 1 aromatic heterocycles. The van der Waals surface area contributed by atoms with Crippen LogP contribution in [-0.4, -0.2) is 30.5 Å². The van der Waals surface area contributed by atoms with E-state index in [2.05, 4.69) is 15.3 Å². The van der Waals surface area contributed by atoms with Gasteiger partial charge in [0, 0.05) is 18.7 Å². The van der Waals surface area contributed by atoms with Crippen LogP contribution in [0.15, 0.2) is 21.7 Å². The summed E-state index contributed by atoms with van der Waals surface area (Å²) in [5.41, 5.74) is -1.82. The Kier molecular flexibility index (Phi) is 4.48. The van der Waals surface area contributed by atoms with Gasteiger partial charge in [0.2, 0.25) is 0 Å². The summed E-state index contributed by atoms with van der Waals surface area (Å²) in [5, 5.41) is 13.5. The average Bonchev–Trinajstić information content (AvgIpc) is 2.44. The van der Waals surface area contributed by atoms with Crippen molar-refractivity contribution in [3.05, 3.63) is 48.5 Å². The zero-order valence-corrected chi connectivity index (χ0v) is 12.7. The van der Waals surface area contributed by atoms with Crippen molar-refractivity contribution in [3.8, 4) is 0 Å². The number of aromatic amines is 2. The fourth-order valence-electron chi connectivity index (χ4n) is 1.90. The molecule has 0 aliphatic heterocycles. The Hall–Kier alpha value is -2.33. The van der Waals surface area contributed by atoms with Gasteiger partial charge in [-0.15, -0.1) is 0 Å². The topological polar surface area (TPSA) is 178 Å². The SMILES string of the molecule is CC(NCc1cc([N+](=O)[O-])cc2[nH]c(=O)c(=O)[nH]c12)P(=O)(O)O. The molecule has 2 rings (SSSR count). The molecule has 0 saturated heterocycles. The van der Waals surface area contributed by atoms with Crippen molar-refractivity contribution in [2.24, 2.45) is 0 Å². The van der Waals surface area contributed by atoms with Crippen LogP contribution >= 0.6 is 7.60 Å². The highest BCUT2D eigenvalue weighted by Crippen LogP contribution is 2.39. The standard InChI is InChI=1S/C11H13N4O7P/c1-5(23(20,21)22)12-4-6-2-7(15(18)19)3-8-9(6)14-11(17)10(16)13-8/h2-3,5,12H,4H2,1H3,(H,13,16)(H,14,17)(H2,20,21,22). The van der Waals surface area contributed by atoms with Gasteiger partial charge >= 0.3 is 18.7 Å². The number of benzene rings is 1. The molecule has 0 aliphatic rings. The number of nitrogens with one attached hydrogen (secondary N) is 3.